The molecule has 0 heterocycles. The van der Waals surface area contributed by atoms with Gasteiger partial charge in [-0.1, -0.05) is 12.1 Å². The van der Waals surface area contributed by atoms with Crippen LogP contribution in [0.15, 0.2) is 12.1 Å². The second-order valence-corrected chi connectivity index (χ2v) is 3.24. The fraction of sp³-hybridized carbons (Fsp3) is 0.455. The molecule has 1 rings (SSSR count). The van der Waals surface area contributed by atoms with Gasteiger partial charge in [-0.15, -0.1) is 0 Å². The summed E-state index contributed by atoms with van der Waals surface area (Å²) in [4.78, 5) is 0. The third-order valence-electron chi connectivity index (χ3n) is 2.38. The summed E-state index contributed by atoms with van der Waals surface area (Å²) in [5, 5.41) is 0. The average molecular weight is 179 g/mol. The fourth-order valence-corrected chi connectivity index (χ4v) is 1.48. The summed E-state index contributed by atoms with van der Waals surface area (Å²) in [5.74, 6) is 0.991. The zero-order valence-corrected chi connectivity index (χ0v) is 8.55. The van der Waals surface area contributed by atoms with E-state index in [0.717, 1.165) is 12.2 Å². The van der Waals surface area contributed by atoms with Gasteiger partial charge in [0.1, 0.15) is 5.75 Å². The lowest BCUT2D eigenvalue weighted by Gasteiger charge is -2.12. The first kappa shape index (κ1) is 10.1. The van der Waals surface area contributed by atoms with E-state index < -0.39 is 0 Å². The van der Waals surface area contributed by atoms with Gasteiger partial charge in [-0.05, 0) is 43.5 Å². The van der Waals surface area contributed by atoms with Crippen molar-refractivity contribution in [3.8, 4) is 5.75 Å². The Balaban J connectivity index is 3.13. The topological polar surface area (TPSA) is 35.2 Å². The second-order valence-electron chi connectivity index (χ2n) is 3.24. The molecular formula is C11H17NO. The van der Waals surface area contributed by atoms with Crippen LogP contribution in [0.3, 0.4) is 0 Å². The van der Waals surface area contributed by atoms with Crippen LogP contribution in [0.1, 0.15) is 16.7 Å². The Bertz CT molecular complexity index is 294. The molecule has 0 aliphatic rings. The van der Waals surface area contributed by atoms with Crippen molar-refractivity contribution in [3.05, 3.63) is 28.8 Å². The molecule has 0 fully saturated rings. The number of benzene rings is 1. The standard InChI is InChI=1S/C11H17NO/c1-8-4-5-10(6-7-12)11(13-3)9(8)2/h4-5H,6-7,12H2,1-3H3. The molecule has 13 heavy (non-hydrogen) atoms. The molecule has 0 saturated heterocycles. The summed E-state index contributed by atoms with van der Waals surface area (Å²) < 4.78 is 5.35. The molecule has 0 atom stereocenters. The molecule has 0 aliphatic carbocycles. The van der Waals surface area contributed by atoms with Crippen molar-refractivity contribution in [3.63, 3.8) is 0 Å². The average Bonchev–Trinajstić information content (AvgIpc) is 2.12. The highest BCUT2D eigenvalue weighted by Gasteiger charge is 2.06. The maximum atomic E-state index is 5.52. The van der Waals surface area contributed by atoms with Crippen LogP contribution < -0.4 is 10.5 Å². The summed E-state index contributed by atoms with van der Waals surface area (Å²) in [7, 11) is 1.71. The molecule has 0 saturated carbocycles. The Kier molecular flexibility index (Phi) is 3.32. The Morgan fingerprint density at radius 3 is 2.54 bits per heavy atom. The minimum Gasteiger partial charge on any atom is -0.496 e. The Hall–Kier alpha value is -1.02. The number of nitrogens with two attached hydrogens (primary N) is 1. The number of methoxy groups -OCH3 is 1. The molecule has 1 aromatic rings. The number of hydrogen-bond donors (Lipinski definition) is 1. The summed E-state index contributed by atoms with van der Waals surface area (Å²) >= 11 is 0. The third kappa shape index (κ3) is 2.01. The van der Waals surface area contributed by atoms with E-state index in [2.05, 4.69) is 26.0 Å². The predicted molar refractivity (Wildman–Crippen MR) is 55.2 cm³/mol. The van der Waals surface area contributed by atoms with Gasteiger partial charge in [0.05, 0.1) is 7.11 Å². The molecule has 0 radical (unpaired) electrons. The lowest BCUT2D eigenvalue weighted by molar-refractivity contribution is 0.406. The number of rotatable bonds is 3. The maximum absolute atomic E-state index is 5.52. The lowest BCUT2D eigenvalue weighted by Crippen LogP contribution is -2.05. The van der Waals surface area contributed by atoms with Crippen molar-refractivity contribution in [1.29, 1.82) is 0 Å². The van der Waals surface area contributed by atoms with Gasteiger partial charge in [-0.25, -0.2) is 0 Å². The van der Waals surface area contributed by atoms with Crippen molar-refractivity contribution in [2.24, 2.45) is 5.73 Å². The Morgan fingerprint density at radius 1 is 1.31 bits per heavy atom. The van der Waals surface area contributed by atoms with Crippen LogP contribution in [0, 0.1) is 13.8 Å². The molecule has 0 aliphatic heterocycles. The summed E-state index contributed by atoms with van der Waals surface area (Å²) in [5.41, 5.74) is 9.20. The first-order valence-corrected chi connectivity index (χ1v) is 4.53. The van der Waals surface area contributed by atoms with Gasteiger partial charge in [-0.3, -0.25) is 0 Å². The van der Waals surface area contributed by atoms with E-state index >= 15 is 0 Å². The number of hydrogen-bond acceptors (Lipinski definition) is 2. The predicted octanol–water partition coefficient (Wildman–Crippen LogP) is 1.81. The van der Waals surface area contributed by atoms with E-state index in [9.17, 15) is 0 Å². The highest BCUT2D eigenvalue weighted by molar-refractivity contribution is 5.45. The molecule has 2 heteroatoms. The first-order valence-electron chi connectivity index (χ1n) is 4.53. The molecule has 2 nitrogen and oxygen atoms in total. The fourth-order valence-electron chi connectivity index (χ4n) is 1.48. The van der Waals surface area contributed by atoms with E-state index in [1.54, 1.807) is 7.11 Å². The highest BCUT2D eigenvalue weighted by Crippen LogP contribution is 2.26. The van der Waals surface area contributed by atoms with E-state index in [4.69, 9.17) is 10.5 Å². The SMILES string of the molecule is COc1c(CCN)ccc(C)c1C. The Labute approximate surface area is 79.7 Å². The number of ether oxygens (including phenoxy) is 1. The van der Waals surface area contributed by atoms with Crippen molar-refractivity contribution in [2.45, 2.75) is 20.3 Å². The van der Waals surface area contributed by atoms with Gasteiger partial charge in [0.2, 0.25) is 0 Å². The zero-order chi connectivity index (χ0) is 9.84. The van der Waals surface area contributed by atoms with Gasteiger partial charge in [-0.2, -0.15) is 0 Å². The van der Waals surface area contributed by atoms with Crippen molar-refractivity contribution < 1.29 is 4.74 Å². The van der Waals surface area contributed by atoms with E-state index in [0.29, 0.717) is 6.54 Å². The van der Waals surface area contributed by atoms with Gasteiger partial charge in [0, 0.05) is 0 Å². The van der Waals surface area contributed by atoms with Crippen LogP contribution in [-0.4, -0.2) is 13.7 Å². The molecule has 1 aromatic carbocycles. The second kappa shape index (κ2) is 4.28. The number of aryl methyl sites for hydroxylation is 1. The maximum Gasteiger partial charge on any atom is 0.125 e. The van der Waals surface area contributed by atoms with Gasteiger partial charge >= 0.3 is 0 Å². The summed E-state index contributed by atoms with van der Waals surface area (Å²) in [6, 6.07) is 4.21. The Morgan fingerprint density at radius 2 is 2.00 bits per heavy atom. The lowest BCUT2D eigenvalue weighted by atomic mass is 10.0. The van der Waals surface area contributed by atoms with Crippen LogP contribution >= 0.6 is 0 Å². The molecule has 0 aromatic heterocycles. The summed E-state index contributed by atoms with van der Waals surface area (Å²) in [6.07, 6.45) is 0.879. The highest BCUT2D eigenvalue weighted by atomic mass is 16.5. The monoisotopic (exact) mass is 179 g/mol. The quantitative estimate of drug-likeness (QED) is 0.768. The third-order valence-corrected chi connectivity index (χ3v) is 2.38. The molecule has 72 valence electrons. The molecule has 2 N–H and O–H groups in total. The van der Waals surface area contributed by atoms with Crippen LogP contribution in [0.5, 0.6) is 5.75 Å². The zero-order valence-electron chi connectivity index (χ0n) is 8.55. The van der Waals surface area contributed by atoms with Crippen molar-refractivity contribution in [2.75, 3.05) is 13.7 Å². The van der Waals surface area contributed by atoms with Gasteiger partial charge in [0.25, 0.3) is 0 Å². The van der Waals surface area contributed by atoms with Crippen LogP contribution in [0.2, 0.25) is 0 Å². The molecule has 0 spiro atoms. The van der Waals surface area contributed by atoms with Gasteiger partial charge < -0.3 is 10.5 Å². The first-order chi connectivity index (χ1) is 6.20. The molecule has 0 unspecified atom stereocenters. The van der Waals surface area contributed by atoms with E-state index in [-0.39, 0.29) is 0 Å². The molecule has 0 amide bonds. The van der Waals surface area contributed by atoms with E-state index in [1.165, 1.54) is 16.7 Å². The van der Waals surface area contributed by atoms with Crippen molar-refractivity contribution >= 4 is 0 Å². The largest absolute Gasteiger partial charge is 0.496 e. The van der Waals surface area contributed by atoms with Gasteiger partial charge in [0.15, 0.2) is 0 Å². The van der Waals surface area contributed by atoms with E-state index in [1.807, 2.05) is 0 Å². The van der Waals surface area contributed by atoms with Crippen molar-refractivity contribution in [1.82, 2.24) is 0 Å². The summed E-state index contributed by atoms with van der Waals surface area (Å²) in [6.45, 7) is 4.83. The van der Waals surface area contributed by atoms with Crippen LogP contribution in [0.25, 0.3) is 0 Å². The minimum atomic E-state index is 0.666. The smallest absolute Gasteiger partial charge is 0.125 e. The molecule has 0 bridgehead atoms. The normalized spacial score (nSPS) is 10.2. The van der Waals surface area contributed by atoms with Crippen LogP contribution in [-0.2, 0) is 6.42 Å². The molecular weight excluding hydrogens is 162 g/mol. The van der Waals surface area contributed by atoms with Crippen LogP contribution in [0.4, 0.5) is 0 Å². The minimum absolute atomic E-state index is 0.666.